The van der Waals surface area contributed by atoms with E-state index in [1.54, 1.807) is 24.3 Å². The zero-order valence-corrected chi connectivity index (χ0v) is 12.0. The molecule has 2 rings (SSSR count). The molecular formula is C16H21NO4. The first-order valence-corrected chi connectivity index (χ1v) is 7.32. The Bertz CT molecular complexity index is 478. The van der Waals surface area contributed by atoms with Gasteiger partial charge in [0.05, 0.1) is 5.56 Å². The molecule has 1 aliphatic heterocycles. The predicted molar refractivity (Wildman–Crippen MR) is 78.3 cm³/mol. The van der Waals surface area contributed by atoms with Gasteiger partial charge < -0.3 is 15.2 Å². The fourth-order valence-electron chi connectivity index (χ4n) is 2.39. The molecule has 0 aliphatic carbocycles. The molecule has 1 aromatic rings. The number of carboxylic acids is 1. The molecule has 1 unspecified atom stereocenters. The van der Waals surface area contributed by atoms with E-state index in [0.717, 1.165) is 31.6 Å². The number of nitrogens with one attached hydrogen (secondary N) is 1. The first-order chi connectivity index (χ1) is 10.1. The van der Waals surface area contributed by atoms with Crippen molar-refractivity contribution in [3.05, 3.63) is 35.4 Å². The summed E-state index contributed by atoms with van der Waals surface area (Å²) in [4.78, 5) is 22.4. The molecule has 0 aromatic heterocycles. The van der Waals surface area contributed by atoms with Crippen molar-refractivity contribution >= 4 is 11.9 Å². The van der Waals surface area contributed by atoms with E-state index >= 15 is 0 Å². The maximum Gasteiger partial charge on any atom is 0.335 e. The molecule has 1 amide bonds. The van der Waals surface area contributed by atoms with Crippen molar-refractivity contribution < 1.29 is 19.4 Å². The summed E-state index contributed by atoms with van der Waals surface area (Å²) in [6.45, 7) is 2.17. The number of carboxylic acid groups (broad SMARTS) is 1. The van der Waals surface area contributed by atoms with Crippen LogP contribution in [0, 0.1) is 5.92 Å². The minimum atomic E-state index is -0.925. The maximum atomic E-state index is 11.7. The number of ether oxygens (including phenoxy) is 1. The molecule has 1 aliphatic rings. The highest BCUT2D eigenvalue weighted by atomic mass is 16.5. The quantitative estimate of drug-likeness (QED) is 0.804. The van der Waals surface area contributed by atoms with E-state index in [1.165, 1.54) is 0 Å². The van der Waals surface area contributed by atoms with Gasteiger partial charge >= 0.3 is 5.97 Å². The highest BCUT2D eigenvalue weighted by molar-refractivity contribution is 5.87. The van der Waals surface area contributed by atoms with E-state index in [-0.39, 0.29) is 11.5 Å². The molecule has 1 atom stereocenters. The van der Waals surface area contributed by atoms with Crippen LogP contribution in [0.4, 0.5) is 0 Å². The van der Waals surface area contributed by atoms with Gasteiger partial charge in [-0.2, -0.15) is 0 Å². The standard InChI is InChI=1S/C16H21NO4/c18-15(6-3-13-8-10-21-11-13)17-9-7-12-1-4-14(5-2-12)16(19)20/h1-2,4-5,13H,3,6-11H2,(H,17,18)(H,19,20). The average molecular weight is 291 g/mol. The van der Waals surface area contributed by atoms with Crippen molar-refractivity contribution in [3.8, 4) is 0 Å². The number of aromatic carboxylic acids is 1. The van der Waals surface area contributed by atoms with Crippen LogP contribution in [0.3, 0.4) is 0 Å². The second-order valence-electron chi connectivity index (χ2n) is 5.37. The van der Waals surface area contributed by atoms with Crippen molar-refractivity contribution in [2.24, 2.45) is 5.92 Å². The highest BCUT2D eigenvalue weighted by Gasteiger charge is 2.16. The zero-order chi connectivity index (χ0) is 15.1. The minimum absolute atomic E-state index is 0.0732. The third-order valence-electron chi connectivity index (χ3n) is 3.74. The van der Waals surface area contributed by atoms with Crippen LogP contribution in [-0.2, 0) is 16.0 Å². The lowest BCUT2D eigenvalue weighted by Gasteiger charge is -2.08. The van der Waals surface area contributed by atoms with E-state index in [4.69, 9.17) is 9.84 Å². The third-order valence-corrected chi connectivity index (χ3v) is 3.74. The molecule has 0 spiro atoms. The van der Waals surface area contributed by atoms with E-state index < -0.39 is 5.97 Å². The summed E-state index contributed by atoms with van der Waals surface area (Å²) in [5, 5.41) is 11.7. The Hall–Kier alpha value is -1.88. The van der Waals surface area contributed by atoms with Gasteiger partial charge in [-0.15, -0.1) is 0 Å². The number of benzene rings is 1. The number of hydrogen-bond donors (Lipinski definition) is 2. The molecule has 2 N–H and O–H groups in total. The predicted octanol–water partition coefficient (Wildman–Crippen LogP) is 1.86. The molecule has 5 nitrogen and oxygen atoms in total. The number of carbonyl (C=O) groups is 2. The van der Waals surface area contributed by atoms with Crippen LogP contribution in [0.2, 0.25) is 0 Å². The van der Waals surface area contributed by atoms with Gasteiger partial charge in [0.2, 0.25) is 5.91 Å². The first kappa shape index (κ1) is 15.5. The smallest absolute Gasteiger partial charge is 0.335 e. The summed E-state index contributed by atoms with van der Waals surface area (Å²) in [6.07, 6.45) is 3.20. The lowest BCUT2D eigenvalue weighted by atomic mass is 10.0. The Labute approximate surface area is 124 Å². The molecule has 0 saturated carbocycles. The Balaban J connectivity index is 1.63. The second-order valence-corrected chi connectivity index (χ2v) is 5.37. The van der Waals surface area contributed by atoms with Crippen LogP contribution in [-0.4, -0.2) is 36.7 Å². The zero-order valence-electron chi connectivity index (χ0n) is 12.0. The topological polar surface area (TPSA) is 75.6 Å². The summed E-state index contributed by atoms with van der Waals surface area (Å²) in [7, 11) is 0. The fraction of sp³-hybridized carbons (Fsp3) is 0.500. The van der Waals surface area contributed by atoms with E-state index in [0.29, 0.717) is 25.3 Å². The van der Waals surface area contributed by atoms with Gasteiger partial charge in [0, 0.05) is 26.2 Å². The van der Waals surface area contributed by atoms with Gasteiger partial charge in [-0.1, -0.05) is 12.1 Å². The van der Waals surface area contributed by atoms with E-state index in [1.807, 2.05) is 0 Å². The Morgan fingerprint density at radius 2 is 2.05 bits per heavy atom. The summed E-state index contributed by atoms with van der Waals surface area (Å²) in [5.74, 6) is -0.325. The number of amides is 1. The van der Waals surface area contributed by atoms with Crippen LogP contribution in [0.25, 0.3) is 0 Å². The van der Waals surface area contributed by atoms with Gasteiger partial charge in [-0.25, -0.2) is 4.79 Å². The second kappa shape index (κ2) is 7.78. The number of carbonyl (C=O) groups excluding carboxylic acids is 1. The van der Waals surface area contributed by atoms with Gasteiger partial charge in [0.15, 0.2) is 0 Å². The van der Waals surface area contributed by atoms with Crippen molar-refractivity contribution in [1.29, 1.82) is 0 Å². The molecule has 1 fully saturated rings. The molecule has 1 saturated heterocycles. The number of rotatable bonds is 7. The summed E-state index contributed by atoms with van der Waals surface area (Å²) >= 11 is 0. The summed E-state index contributed by atoms with van der Waals surface area (Å²) in [6, 6.07) is 6.73. The van der Waals surface area contributed by atoms with Gasteiger partial charge in [0.25, 0.3) is 0 Å². The Kier molecular flexibility index (Phi) is 5.75. The minimum Gasteiger partial charge on any atom is -0.478 e. The third kappa shape index (κ3) is 5.19. The van der Waals surface area contributed by atoms with Gasteiger partial charge in [0.1, 0.15) is 0 Å². The van der Waals surface area contributed by atoms with Gasteiger partial charge in [-0.05, 0) is 42.9 Å². The van der Waals surface area contributed by atoms with Gasteiger partial charge in [-0.3, -0.25) is 4.79 Å². The van der Waals surface area contributed by atoms with Crippen molar-refractivity contribution in [2.45, 2.75) is 25.7 Å². The maximum absolute atomic E-state index is 11.7. The van der Waals surface area contributed by atoms with Crippen molar-refractivity contribution in [2.75, 3.05) is 19.8 Å². The molecule has 0 bridgehead atoms. The van der Waals surface area contributed by atoms with Crippen LogP contribution >= 0.6 is 0 Å². The van der Waals surface area contributed by atoms with E-state index in [9.17, 15) is 9.59 Å². The van der Waals surface area contributed by atoms with Crippen LogP contribution < -0.4 is 5.32 Å². The number of hydrogen-bond acceptors (Lipinski definition) is 3. The lowest BCUT2D eigenvalue weighted by Crippen LogP contribution is -2.26. The molecule has 1 heterocycles. The molecule has 0 radical (unpaired) electrons. The molecular weight excluding hydrogens is 270 g/mol. The summed E-state index contributed by atoms with van der Waals surface area (Å²) in [5.41, 5.74) is 1.30. The van der Waals surface area contributed by atoms with Crippen LogP contribution in [0.1, 0.15) is 35.2 Å². The molecule has 21 heavy (non-hydrogen) atoms. The molecule has 1 aromatic carbocycles. The fourth-order valence-corrected chi connectivity index (χ4v) is 2.39. The van der Waals surface area contributed by atoms with Crippen LogP contribution in [0.5, 0.6) is 0 Å². The highest BCUT2D eigenvalue weighted by Crippen LogP contribution is 2.17. The monoisotopic (exact) mass is 291 g/mol. The average Bonchev–Trinajstić information content (AvgIpc) is 2.99. The Morgan fingerprint density at radius 1 is 1.29 bits per heavy atom. The van der Waals surface area contributed by atoms with Crippen molar-refractivity contribution in [3.63, 3.8) is 0 Å². The molecule has 5 heteroatoms. The summed E-state index contributed by atoms with van der Waals surface area (Å²) < 4.78 is 5.28. The van der Waals surface area contributed by atoms with E-state index in [2.05, 4.69) is 5.32 Å². The SMILES string of the molecule is O=C(CCC1CCOC1)NCCc1ccc(C(=O)O)cc1. The van der Waals surface area contributed by atoms with Crippen LogP contribution in [0.15, 0.2) is 24.3 Å². The Morgan fingerprint density at radius 3 is 2.67 bits per heavy atom. The lowest BCUT2D eigenvalue weighted by molar-refractivity contribution is -0.121. The molecule has 114 valence electrons. The largest absolute Gasteiger partial charge is 0.478 e. The first-order valence-electron chi connectivity index (χ1n) is 7.32. The van der Waals surface area contributed by atoms with Crippen molar-refractivity contribution in [1.82, 2.24) is 5.32 Å². The normalized spacial score (nSPS) is 17.6.